The minimum atomic E-state index is -0.00978. The second kappa shape index (κ2) is 6.74. The van der Waals surface area contributed by atoms with E-state index in [-0.39, 0.29) is 11.8 Å². The molecule has 4 rings (SSSR count). The summed E-state index contributed by atoms with van der Waals surface area (Å²) in [7, 11) is 3.53. The van der Waals surface area contributed by atoms with Gasteiger partial charge in [-0.05, 0) is 25.0 Å². The number of carbonyl (C=O) groups excluding carboxylic acids is 1. The highest BCUT2D eigenvalue weighted by Gasteiger charge is 2.28. The summed E-state index contributed by atoms with van der Waals surface area (Å²) in [6.07, 6.45) is 9.22. The first-order chi connectivity index (χ1) is 12.6. The molecule has 0 radical (unpaired) electrons. The number of hydrogen-bond donors (Lipinski definition) is 1. The van der Waals surface area contributed by atoms with Crippen LogP contribution < -0.4 is 4.90 Å². The summed E-state index contributed by atoms with van der Waals surface area (Å²) < 4.78 is 0. The number of aromatic amines is 1. The van der Waals surface area contributed by atoms with E-state index in [1.807, 2.05) is 24.5 Å². The fourth-order valence-corrected chi connectivity index (χ4v) is 3.70. The topological polar surface area (TPSA) is 78.0 Å². The first-order valence-electron chi connectivity index (χ1n) is 8.83. The van der Waals surface area contributed by atoms with E-state index in [4.69, 9.17) is 0 Å². The van der Waals surface area contributed by atoms with E-state index in [1.165, 1.54) is 0 Å². The lowest BCUT2D eigenvalue weighted by Crippen LogP contribution is -2.35. The molecular weight excluding hydrogens is 328 g/mol. The van der Waals surface area contributed by atoms with E-state index in [2.05, 4.69) is 25.1 Å². The number of anilines is 1. The van der Waals surface area contributed by atoms with Gasteiger partial charge in [0.1, 0.15) is 0 Å². The molecule has 0 spiro atoms. The van der Waals surface area contributed by atoms with Gasteiger partial charge < -0.3 is 9.80 Å². The molecule has 1 fully saturated rings. The number of H-pyrrole nitrogens is 1. The van der Waals surface area contributed by atoms with Crippen LogP contribution in [0.2, 0.25) is 0 Å². The minimum absolute atomic E-state index is 0.00978. The summed E-state index contributed by atoms with van der Waals surface area (Å²) >= 11 is 0. The average Bonchev–Trinajstić information content (AvgIpc) is 3.16. The molecular formula is C19H22N6O. The number of nitrogens with zero attached hydrogens (tertiary/aromatic N) is 5. The molecule has 1 N–H and O–H groups in total. The number of hydrogen-bond acceptors (Lipinski definition) is 5. The van der Waals surface area contributed by atoms with E-state index in [9.17, 15) is 4.79 Å². The fraction of sp³-hybridized carbons (Fsp3) is 0.368. The van der Waals surface area contributed by atoms with Crippen molar-refractivity contribution in [3.63, 3.8) is 0 Å². The summed E-state index contributed by atoms with van der Waals surface area (Å²) in [6.45, 7) is 1.82. The van der Waals surface area contributed by atoms with Crippen molar-refractivity contribution in [3.8, 4) is 0 Å². The van der Waals surface area contributed by atoms with Crippen molar-refractivity contribution in [1.29, 1.82) is 0 Å². The molecule has 1 amide bonds. The van der Waals surface area contributed by atoms with Crippen molar-refractivity contribution in [1.82, 2.24) is 25.1 Å². The van der Waals surface area contributed by atoms with Crippen LogP contribution in [0.5, 0.6) is 0 Å². The van der Waals surface area contributed by atoms with Gasteiger partial charge in [-0.15, -0.1) is 0 Å². The number of aromatic nitrogens is 4. The van der Waals surface area contributed by atoms with E-state index >= 15 is 0 Å². The third-order valence-electron chi connectivity index (χ3n) is 5.00. The van der Waals surface area contributed by atoms with Crippen LogP contribution >= 0.6 is 0 Å². The molecule has 1 saturated heterocycles. The van der Waals surface area contributed by atoms with Crippen LogP contribution in [0.3, 0.4) is 0 Å². The van der Waals surface area contributed by atoms with Gasteiger partial charge in [0, 0.05) is 62.8 Å². The minimum Gasteiger partial charge on any atom is -0.370 e. The van der Waals surface area contributed by atoms with Crippen molar-refractivity contribution < 1.29 is 4.79 Å². The second-order valence-electron chi connectivity index (χ2n) is 6.91. The normalized spacial score (nSPS) is 17.5. The van der Waals surface area contributed by atoms with Gasteiger partial charge >= 0.3 is 0 Å². The van der Waals surface area contributed by atoms with Gasteiger partial charge in [-0.25, -0.2) is 0 Å². The zero-order valence-corrected chi connectivity index (χ0v) is 15.0. The summed E-state index contributed by atoms with van der Waals surface area (Å²) in [5, 5.41) is 8.27. The highest BCUT2D eigenvalue weighted by molar-refractivity contribution is 5.95. The van der Waals surface area contributed by atoms with Gasteiger partial charge in [0.25, 0.3) is 5.91 Å². The maximum Gasteiger partial charge on any atom is 0.256 e. The van der Waals surface area contributed by atoms with Crippen LogP contribution in [0.15, 0.2) is 36.9 Å². The molecule has 1 aliphatic rings. The number of rotatable bonds is 3. The summed E-state index contributed by atoms with van der Waals surface area (Å²) in [5.41, 5.74) is 3.70. The molecule has 0 bridgehead atoms. The van der Waals surface area contributed by atoms with E-state index in [0.717, 1.165) is 48.2 Å². The molecule has 7 nitrogen and oxygen atoms in total. The van der Waals surface area contributed by atoms with Gasteiger partial charge in [-0.3, -0.25) is 19.9 Å². The first-order valence-corrected chi connectivity index (χ1v) is 8.83. The van der Waals surface area contributed by atoms with Crippen molar-refractivity contribution >= 4 is 22.5 Å². The Labute approximate surface area is 152 Å². The third-order valence-corrected chi connectivity index (χ3v) is 5.00. The summed E-state index contributed by atoms with van der Waals surface area (Å²) in [5.74, 6) is 0.231. The number of carbonyl (C=O) groups is 1. The fourth-order valence-electron chi connectivity index (χ4n) is 3.70. The molecule has 134 valence electrons. The Bertz CT molecular complexity index is 929. The van der Waals surface area contributed by atoms with Crippen LogP contribution in [-0.4, -0.2) is 58.2 Å². The Kier molecular flexibility index (Phi) is 4.28. The summed E-state index contributed by atoms with van der Waals surface area (Å²) in [6, 6.07) is 3.98. The first kappa shape index (κ1) is 16.5. The van der Waals surface area contributed by atoms with Gasteiger partial charge in [-0.2, -0.15) is 5.10 Å². The molecule has 0 saturated carbocycles. The lowest BCUT2D eigenvalue weighted by atomic mass is 9.91. The molecule has 1 unspecified atom stereocenters. The standard InChI is InChI=1S/C19H22N6O/c1-24(2)19(26)15-11-22-23-18(15)13-4-3-9-25(12-13)17-6-8-21-16-5-7-20-10-14(16)17/h5-8,10-11,13H,3-4,9,12H2,1-2H3,(H,22,23). The molecule has 26 heavy (non-hydrogen) atoms. The Morgan fingerprint density at radius 3 is 3.00 bits per heavy atom. The van der Waals surface area contributed by atoms with E-state index in [0.29, 0.717) is 5.56 Å². The van der Waals surface area contributed by atoms with E-state index in [1.54, 1.807) is 31.4 Å². The molecule has 1 aliphatic heterocycles. The van der Waals surface area contributed by atoms with Crippen LogP contribution in [-0.2, 0) is 0 Å². The molecule has 4 heterocycles. The molecule has 1 atom stereocenters. The summed E-state index contributed by atoms with van der Waals surface area (Å²) in [4.78, 5) is 25.1. The van der Waals surface area contributed by atoms with Gasteiger partial charge in [-0.1, -0.05) is 0 Å². The van der Waals surface area contributed by atoms with Crippen molar-refractivity contribution in [2.75, 3.05) is 32.1 Å². The average molecular weight is 350 g/mol. The molecule has 3 aromatic heterocycles. The Balaban J connectivity index is 1.65. The third kappa shape index (κ3) is 2.89. The van der Waals surface area contributed by atoms with Gasteiger partial charge in [0.2, 0.25) is 0 Å². The highest BCUT2D eigenvalue weighted by Crippen LogP contribution is 2.33. The lowest BCUT2D eigenvalue weighted by Gasteiger charge is -2.35. The SMILES string of the molecule is CN(C)C(=O)c1cn[nH]c1C1CCCN(c2ccnc3ccncc23)C1. The smallest absolute Gasteiger partial charge is 0.256 e. The van der Waals surface area contributed by atoms with Crippen LogP contribution in [0.1, 0.15) is 34.8 Å². The Morgan fingerprint density at radius 1 is 1.27 bits per heavy atom. The molecule has 0 aromatic carbocycles. The number of amides is 1. The van der Waals surface area contributed by atoms with Crippen molar-refractivity contribution in [2.45, 2.75) is 18.8 Å². The van der Waals surface area contributed by atoms with E-state index < -0.39 is 0 Å². The van der Waals surface area contributed by atoms with Gasteiger partial charge in [0.15, 0.2) is 0 Å². The molecule has 3 aromatic rings. The van der Waals surface area contributed by atoms with Crippen LogP contribution in [0.25, 0.3) is 10.9 Å². The molecule has 0 aliphatic carbocycles. The number of fused-ring (bicyclic) bond motifs is 1. The lowest BCUT2D eigenvalue weighted by molar-refractivity contribution is 0.0826. The number of nitrogens with one attached hydrogen (secondary N) is 1. The number of pyridine rings is 2. The molecule has 7 heteroatoms. The Hall–Kier alpha value is -2.96. The zero-order chi connectivity index (χ0) is 18.1. The Morgan fingerprint density at radius 2 is 2.15 bits per heavy atom. The quantitative estimate of drug-likeness (QED) is 0.785. The van der Waals surface area contributed by atoms with Crippen molar-refractivity contribution in [3.05, 3.63) is 48.2 Å². The predicted octanol–water partition coefficient (Wildman–Crippen LogP) is 2.44. The highest BCUT2D eigenvalue weighted by atomic mass is 16.2. The van der Waals surface area contributed by atoms with Gasteiger partial charge in [0.05, 0.1) is 23.0 Å². The monoisotopic (exact) mass is 350 g/mol. The van der Waals surface area contributed by atoms with Crippen LogP contribution in [0.4, 0.5) is 5.69 Å². The maximum absolute atomic E-state index is 12.4. The maximum atomic E-state index is 12.4. The zero-order valence-electron chi connectivity index (χ0n) is 15.0. The largest absolute Gasteiger partial charge is 0.370 e. The van der Waals surface area contributed by atoms with Crippen molar-refractivity contribution in [2.24, 2.45) is 0 Å². The number of piperidine rings is 1. The second-order valence-corrected chi connectivity index (χ2v) is 6.91. The van der Waals surface area contributed by atoms with Crippen LogP contribution in [0, 0.1) is 0 Å². The predicted molar refractivity (Wildman–Crippen MR) is 100 cm³/mol.